The molecule has 11 nitrogen and oxygen atoms in total. The molecule has 0 aromatic rings. The molecular weight excluding hydrogens is 741 g/mol. The van der Waals surface area contributed by atoms with E-state index in [1.807, 2.05) is 62.5 Å². The standard InChI is InChI=1S/C47H66O11/c1-30(17-14-15-23-44(50)51)27-31(2)47-40-26-25-34(54-47)18-10-6-5-7-11-19-35(48)46(53)43-28-36(49)32(3)37(56-43)21-16-22-38-33(4)41-29-42(55-38)39(57-41)20-12-8-9-13-24-45(52)58-40/h6,8-13,16,19-20,22,24-27,30,32-43,46-49,53H,5,7,14-15,17-18,21,23,28-29H2,1-4H3,(H,50,51)/b9-8-,10-6+,19-11+,20-12+,22-16+,24-13+,31-27+/t30-,32-,33+,34+,35+,36+,37-,38+,39-,40+,41-,42-,43-,46+,47+/m1/s1. The molecule has 3 fully saturated rings. The van der Waals surface area contributed by atoms with Crippen LogP contribution in [0.3, 0.4) is 0 Å². The minimum absolute atomic E-state index is 0.0508. The van der Waals surface area contributed by atoms with Gasteiger partial charge in [0.25, 0.3) is 0 Å². The highest BCUT2D eigenvalue weighted by atomic mass is 16.6. The molecule has 0 aromatic carbocycles. The van der Waals surface area contributed by atoms with Crippen molar-refractivity contribution in [3.63, 3.8) is 0 Å². The molecule has 11 heteroatoms. The number of carboxylic acids is 1. The van der Waals surface area contributed by atoms with Gasteiger partial charge in [-0.2, -0.15) is 0 Å². The second-order valence-electron chi connectivity index (χ2n) is 16.6. The van der Waals surface area contributed by atoms with Gasteiger partial charge in [-0.25, -0.2) is 4.79 Å². The van der Waals surface area contributed by atoms with E-state index in [4.69, 9.17) is 28.8 Å². The molecule has 0 aromatic heterocycles. The zero-order chi connectivity index (χ0) is 41.6. The number of carbonyl (C=O) groups is 2. The zero-order valence-electron chi connectivity index (χ0n) is 34.5. The monoisotopic (exact) mass is 806 g/mol. The number of unbranched alkanes of at least 4 members (excludes halogenated alkanes) is 1. The summed E-state index contributed by atoms with van der Waals surface area (Å²) in [6, 6.07) is 0. The summed E-state index contributed by atoms with van der Waals surface area (Å²) < 4.78 is 31.5. The summed E-state index contributed by atoms with van der Waals surface area (Å²) in [7, 11) is 0. The molecule has 320 valence electrons. The Kier molecular flexibility index (Phi) is 18.0. The van der Waals surface area contributed by atoms with Crippen molar-refractivity contribution in [2.75, 3.05) is 0 Å². The second-order valence-corrected chi connectivity index (χ2v) is 16.6. The largest absolute Gasteiger partial charge is 0.481 e. The highest BCUT2D eigenvalue weighted by molar-refractivity contribution is 5.82. The maximum atomic E-state index is 13.0. The number of hydrogen-bond donors (Lipinski definition) is 4. The molecule has 15 atom stereocenters. The van der Waals surface area contributed by atoms with Crippen LogP contribution >= 0.6 is 0 Å². The molecule has 0 aliphatic carbocycles. The number of aliphatic hydroxyl groups excluding tert-OH is 3. The summed E-state index contributed by atoms with van der Waals surface area (Å²) in [4.78, 5) is 23.9. The van der Waals surface area contributed by atoms with Crippen LogP contribution in [0.5, 0.6) is 0 Å². The number of carbonyl (C=O) groups excluding carboxylic acids is 1. The van der Waals surface area contributed by atoms with Gasteiger partial charge in [0, 0.05) is 37.2 Å². The summed E-state index contributed by atoms with van der Waals surface area (Å²) in [5.74, 6) is -1.09. The van der Waals surface area contributed by atoms with Gasteiger partial charge < -0.3 is 44.1 Å². The van der Waals surface area contributed by atoms with E-state index in [-0.39, 0.29) is 67.2 Å². The molecule has 6 aliphatic rings. The molecule has 7 bridgehead atoms. The average molecular weight is 807 g/mol. The quantitative estimate of drug-likeness (QED) is 0.122. The van der Waals surface area contributed by atoms with Crippen molar-refractivity contribution in [2.24, 2.45) is 17.8 Å². The van der Waals surface area contributed by atoms with Crippen LogP contribution in [0.4, 0.5) is 0 Å². The van der Waals surface area contributed by atoms with Gasteiger partial charge in [-0.15, -0.1) is 0 Å². The van der Waals surface area contributed by atoms with Crippen molar-refractivity contribution >= 4 is 11.9 Å². The molecule has 0 spiro atoms. The lowest BCUT2D eigenvalue weighted by Gasteiger charge is -2.40. The number of hydrogen-bond acceptors (Lipinski definition) is 10. The molecule has 0 unspecified atom stereocenters. The van der Waals surface area contributed by atoms with E-state index in [1.165, 1.54) is 6.08 Å². The minimum Gasteiger partial charge on any atom is -0.481 e. The number of esters is 1. The molecule has 58 heavy (non-hydrogen) atoms. The first-order valence-corrected chi connectivity index (χ1v) is 21.3. The van der Waals surface area contributed by atoms with Crippen LogP contribution in [0, 0.1) is 17.8 Å². The Morgan fingerprint density at radius 1 is 0.759 bits per heavy atom. The van der Waals surface area contributed by atoms with Gasteiger partial charge in [-0.1, -0.05) is 106 Å². The fraction of sp³-hybridized carbons (Fsp3) is 0.617. The maximum Gasteiger partial charge on any atom is 0.331 e. The van der Waals surface area contributed by atoms with Gasteiger partial charge >= 0.3 is 11.9 Å². The molecule has 6 heterocycles. The van der Waals surface area contributed by atoms with E-state index in [0.717, 1.165) is 31.3 Å². The molecule has 0 amide bonds. The van der Waals surface area contributed by atoms with Crippen LogP contribution in [0.15, 0.2) is 96.7 Å². The van der Waals surface area contributed by atoms with Crippen LogP contribution in [-0.4, -0.2) is 106 Å². The number of rotatable bonds is 7. The number of ether oxygens (including phenoxy) is 5. The normalized spacial score (nSPS) is 41.7. The fourth-order valence-electron chi connectivity index (χ4n) is 8.38. The molecule has 6 aliphatic heterocycles. The van der Waals surface area contributed by atoms with Crippen molar-refractivity contribution in [3.8, 4) is 0 Å². The van der Waals surface area contributed by atoms with Crippen LogP contribution in [0.2, 0.25) is 0 Å². The van der Waals surface area contributed by atoms with E-state index in [2.05, 4.69) is 32.1 Å². The first-order valence-electron chi connectivity index (χ1n) is 21.3. The summed E-state index contributed by atoms with van der Waals surface area (Å²) in [5.41, 5.74) is 0.945. The van der Waals surface area contributed by atoms with E-state index in [0.29, 0.717) is 25.7 Å². The Balaban J connectivity index is 1.29. The van der Waals surface area contributed by atoms with Gasteiger partial charge in [0.15, 0.2) is 6.10 Å². The van der Waals surface area contributed by atoms with Crippen molar-refractivity contribution in [1.82, 2.24) is 0 Å². The van der Waals surface area contributed by atoms with Crippen molar-refractivity contribution in [1.29, 1.82) is 0 Å². The predicted octanol–water partition coefficient (Wildman–Crippen LogP) is 6.80. The predicted molar refractivity (Wildman–Crippen MR) is 222 cm³/mol. The molecule has 4 N–H and O–H groups in total. The van der Waals surface area contributed by atoms with Crippen molar-refractivity contribution in [2.45, 2.75) is 165 Å². The smallest absolute Gasteiger partial charge is 0.331 e. The number of allylic oxidation sites excluding steroid dienone is 7. The van der Waals surface area contributed by atoms with Gasteiger partial charge in [-0.05, 0) is 63.0 Å². The highest BCUT2D eigenvalue weighted by Crippen LogP contribution is 2.38. The third kappa shape index (κ3) is 13.6. The molecular formula is C47H66O11. The lowest BCUT2D eigenvalue weighted by Crippen LogP contribution is -2.50. The summed E-state index contributed by atoms with van der Waals surface area (Å²) in [6.45, 7) is 8.15. The van der Waals surface area contributed by atoms with Gasteiger partial charge in [0.2, 0.25) is 0 Å². The molecule has 0 radical (unpaired) electrons. The van der Waals surface area contributed by atoms with Gasteiger partial charge in [0.1, 0.15) is 24.4 Å². The molecule has 0 saturated carbocycles. The van der Waals surface area contributed by atoms with Crippen LogP contribution < -0.4 is 0 Å². The van der Waals surface area contributed by atoms with Crippen LogP contribution in [0.1, 0.15) is 91.9 Å². The topological polar surface area (TPSA) is 161 Å². The van der Waals surface area contributed by atoms with Crippen molar-refractivity contribution < 1.29 is 53.7 Å². The van der Waals surface area contributed by atoms with E-state index >= 15 is 0 Å². The summed E-state index contributed by atoms with van der Waals surface area (Å²) >= 11 is 0. The number of fused-ring (bicyclic) bond motifs is 13. The third-order valence-corrected chi connectivity index (χ3v) is 12.0. The lowest BCUT2D eigenvalue weighted by molar-refractivity contribution is -0.175. The van der Waals surface area contributed by atoms with E-state index < -0.39 is 48.6 Å². The van der Waals surface area contributed by atoms with Crippen LogP contribution in [-0.2, 0) is 33.3 Å². The van der Waals surface area contributed by atoms with Gasteiger partial charge in [0.05, 0.1) is 42.7 Å². The van der Waals surface area contributed by atoms with E-state index in [9.17, 15) is 24.9 Å². The Morgan fingerprint density at radius 2 is 1.53 bits per heavy atom. The number of aliphatic hydroxyl groups is 3. The first-order chi connectivity index (χ1) is 27.9. The van der Waals surface area contributed by atoms with E-state index in [1.54, 1.807) is 18.2 Å². The summed E-state index contributed by atoms with van der Waals surface area (Å²) in [5, 5.41) is 41.7. The highest BCUT2D eigenvalue weighted by Gasteiger charge is 2.45. The molecule has 3 saturated heterocycles. The Labute approximate surface area is 344 Å². The van der Waals surface area contributed by atoms with Gasteiger partial charge in [-0.3, -0.25) is 4.79 Å². The van der Waals surface area contributed by atoms with Crippen LogP contribution in [0.25, 0.3) is 0 Å². The zero-order valence-corrected chi connectivity index (χ0v) is 34.5. The maximum absolute atomic E-state index is 13.0. The Hall–Kier alpha value is -3.42. The Morgan fingerprint density at radius 3 is 2.34 bits per heavy atom. The first kappa shape index (κ1) is 45.7. The third-order valence-electron chi connectivity index (χ3n) is 12.0. The Bertz CT molecular complexity index is 1570. The van der Waals surface area contributed by atoms with Crippen molar-refractivity contribution in [3.05, 3.63) is 96.7 Å². The summed E-state index contributed by atoms with van der Waals surface area (Å²) in [6.07, 6.45) is 28.3. The SMILES string of the molecule is C/C(=C\[C@H](C)CCCCC(=O)O)[C@@H]1O[C@@H]2C=C[C@@H]1OC(=O)/C=C/C=C\C=C\[C@H]1O[C@@H]3C[C@H]1O[C@@H](/C=C/C[C@H]1O[C@H](C[C@H](O)[C@H]1C)[C@@H](O)[C@@H](O)/C=C/CC/C=C/C2)[C@@H]3C. The number of carboxylic acid groups (broad SMARTS) is 1. The average Bonchev–Trinajstić information content (AvgIpc) is 3.54. The number of aliphatic carboxylic acids is 1. The second kappa shape index (κ2) is 22.8. The lowest BCUT2D eigenvalue weighted by atomic mass is 9.85. The fourth-order valence-corrected chi connectivity index (χ4v) is 8.38. The molecule has 6 rings (SSSR count). The minimum atomic E-state index is -1.18.